The summed E-state index contributed by atoms with van der Waals surface area (Å²) in [6.07, 6.45) is 2.41. The summed E-state index contributed by atoms with van der Waals surface area (Å²) < 4.78 is 11.6. The van der Waals surface area contributed by atoms with Crippen LogP contribution in [0.3, 0.4) is 0 Å². The lowest BCUT2D eigenvalue weighted by Gasteiger charge is -2.12. The maximum Gasteiger partial charge on any atom is 0.318 e. The zero-order chi connectivity index (χ0) is 17.6. The molecule has 2 heterocycles. The number of carbonyl (C=O) groups is 1. The normalized spacial score (nSPS) is 16.9. The van der Waals surface area contributed by atoms with Crippen LogP contribution in [0.1, 0.15) is 26.2 Å². The van der Waals surface area contributed by atoms with Gasteiger partial charge in [0.1, 0.15) is 5.75 Å². The topological polar surface area (TPSA) is 80.5 Å². The zero-order valence-corrected chi connectivity index (χ0v) is 14.7. The zero-order valence-electron chi connectivity index (χ0n) is 14.7. The molecule has 1 atom stereocenters. The molecule has 0 bridgehead atoms. The predicted molar refractivity (Wildman–Crippen MR) is 94.5 cm³/mol. The maximum atomic E-state index is 11.5. The van der Waals surface area contributed by atoms with Crippen molar-refractivity contribution in [1.29, 1.82) is 0 Å². The SMILES string of the molecule is CCCOc1ccccc1-c1nnc(N2CCC(CC(=O)NC)C2)o1. The van der Waals surface area contributed by atoms with Crippen molar-refractivity contribution in [2.75, 3.05) is 31.6 Å². The third-order valence-electron chi connectivity index (χ3n) is 4.30. The molecule has 134 valence electrons. The van der Waals surface area contributed by atoms with Crippen molar-refractivity contribution < 1.29 is 13.9 Å². The fourth-order valence-corrected chi connectivity index (χ4v) is 2.97. The molecular weight excluding hydrogens is 320 g/mol. The van der Waals surface area contributed by atoms with Crippen LogP contribution in [0.4, 0.5) is 6.01 Å². The Morgan fingerprint density at radius 3 is 3.04 bits per heavy atom. The van der Waals surface area contributed by atoms with E-state index in [0.717, 1.165) is 37.2 Å². The van der Waals surface area contributed by atoms with Gasteiger partial charge in [-0.1, -0.05) is 24.2 Å². The second-order valence-corrected chi connectivity index (χ2v) is 6.21. The molecule has 1 amide bonds. The first-order valence-electron chi connectivity index (χ1n) is 8.72. The van der Waals surface area contributed by atoms with Crippen LogP contribution in [0.5, 0.6) is 5.75 Å². The number of aromatic nitrogens is 2. The van der Waals surface area contributed by atoms with Crippen molar-refractivity contribution in [3.05, 3.63) is 24.3 Å². The van der Waals surface area contributed by atoms with E-state index in [2.05, 4.69) is 22.4 Å². The van der Waals surface area contributed by atoms with Gasteiger partial charge in [0, 0.05) is 26.6 Å². The molecule has 7 nitrogen and oxygen atoms in total. The van der Waals surface area contributed by atoms with Gasteiger partial charge in [-0.2, -0.15) is 0 Å². The van der Waals surface area contributed by atoms with E-state index in [1.54, 1.807) is 7.05 Å². The maximum absolute atomic E-state index is 11.5. The standard InChI is InChI=1S/C18H24N4O3/c1-3-10-24-15-7-5-4-6-14(15)17-20-21-18(25-17)22-9-8-13(12-22)11-16(23)19-2/h4-7,13H,3,8-12H2,1-2H3,(H,19,23). The van der Waals surface area contributed by atoms with Crippen LogP contribution in [0.25, 0.3) is 11.5 Å². The number of hydrogen-bond donors (Lipinski definition) is 1. The molecule has 25 heavy (non-hydrogen) atoms. The largest absolute Gasteiger partial charge is 0.493 e. The number of ether oxygens (including phenoxy) is 1. The highest BCUT2D eigenvalue weighted by Crippen LogP contribution is 2.32. The number of amides is 1. The van der Waals surface area contributed by atoms with Crippen molar-refractivity contribution >= 4 is 11.9 Å². The summed E-state index contributed by atoms with van der Waals surface area (Å²) in [5, 5.41) is 11.0. The Hall–Kier alpha value is -2.57. The van der Waals surface area contributed by atoms with Crippen LogP contribution >= 0.6 is 0 Å². The highest BCUT2D eigenvalue weighted by atomic mass is 16.5. The van der Waals surface area contributed by atoms with Gasteiger partial charge in [-0.05, 0) is 30.9 Å². The molecule has 0 aliphatic carbocycles. The van der Waals surface area contributed by atoms with Crippen LogP contribution in [-0.2, 0) is 4.79 Å². The van der Waals surface area contributed by atoms with Gasteiger partial charge in [0.2, 0.25) is 5.91 Å². The van der Waals surface area contributed by atoms with Gasteiger partial charge in [-0.15, -0.1) is 5.10 Å². The summed E-state index contributed by atoms with van der Waals surface area (Å²) in [5.41, 5.74) is 0.802. The van der Waals surface area contributed by atoms with E-state index in [0.29, 0.717) is 30.9 Å². The lowest BCUT2D eigenvalue weighted by Crippen LogP contribution is -2.24. The summed E-state index contributed by atoms with van der Waals surface area (Å²) in [6, 6.07) is 8.17. The van der Waals surface area contributed by atoms with Crippen LogP contribution in [0, 0.1) is 5.92 Å². The van der Waals surface area contributed by atoms with Gasteiger partial charge < -0.3 is 19.4 Å². The van der Waals surface area contributed by atoms with Crippen molar-refractivity contribution in [3.63, 3.8) is 0 Å². The Kier molecular flexibility index (Phi) is 5.53. The molecule has 1 aliphatic heterocycles. The second-order valence-electron chi connectivity index (χ2n) is 6.21. The molecule has 1 aromatic heterocycles. The molecule has 1 saturated heterocycles. The molecule has 0 spiro atoms. The monoisotopic (exact) mass is 344 g/mol. The first-order valence-corrected chi connectivity index (χ1v) is 8.72. The number of rotatable bonds is 7. The van der Waals surface area contributed by atoms with Crippen LogP contribution in [0.2, 0.25) is 0 Å². The lowest BCUT2D eigenvalue weighted by atomic mass is 10.1. The molecule has 1 aliphatic rings. The Bertz CT molecular complexity index is 716. The minimum atomic E-state index is 0.0695. The third kappa shape index (κ3) is 4.10. The number of para-hydroxylation sites is 1. The van der Waals surface area contributed by atoms with Crippen molar-refractivity contribution in [2.24, 2.45) is 5.92 Å². The lowest BCUT2D eigenvalue weighted by molar-refractivity contribution is -0.121. The summed E-state index contributed by atoms with van der Waals surface area (Å²) in [4.78, 5) is 13.6. The van der Waals surface area contributed by atoms with E-state index in [1.807, 2.05) is 29.2 Å². The van der Waals surface area contributed by atoms with Crippen molar-refractivity contribution in [2.45, 2.75) is 26.2 Å². The fraction of sp³-hybridized carbons (Fsp3) is 0.500. The minimum Gasteiger partial charge on any atom is -0.493 e. The number of anilines is 1. The van der Waals surface area contributed by atoms with E-state index in [9.17, 15) is 4.79 Å². The van der Waals surface area contributed by atoms with E-state index in [1.165, 1.54) is 0 Å². The molecule has 3 rings (SSSR count). The first-order chi connectivity index (χ1) is 12.2. The number of carbonyl (C=O) groups excluding carboxylic acids is 1. The molecule has 0 radical (unpaired) electrons. The van der Waals surface area contributed by atoms with Crippen LogP contribution < -0.4 is 15.0 Å². The van der Waals surface area contributed by atoms with Gasteiger partial charge in [0.25, 0.3) is 5.89 Å². The molecule has 1 aromatic carbocycles. The van der Waals surface area contributed by atoms with E-state index in [-0.39, 0.29) is 5.91 Å². The fourth-order valence-electron chi connectivity index (χ4n) is 2.97. The smallest absolute Gasteiger partial charge is 0.318 e. The van der Waals surface area contributed by atoms with Gasteiger partial charge in [-0.25, -0.2) is 0 Å². The highest BCUT2D eigenvalue weighted by Gasteiger charge is 2.28. The van der Waals surface area contributed by atoms with Crippen LogP contribution in [0.15, 0.2) is 28.7 Å². The third-order valence-corrected chi connectivity index (χ3v) is 4.30. The summed E-state index contributed by atoms with van der Waals surface area (Å²) >= 11 is 0. The van der Waals surface area contributed by atoms with E-state index in [4.69, 9.17) is 9.15 Å². The Morgan fingerprint density at radius 1 is 1.40 bits per heavy atom. The average Bonchev–Trinajstić information content (AvgIpc) is 3.29. The molecule has 7 heteroatoms. The number of benzene rings is 1. The van der Waals surface area contributed by atoms with E-state index < -0.39 is 0 Å². The predicted octanol–water partition coefficient (Wildman–Crippen LogP) is 2.49. The van der Waals surface area contributed by atoms with E-state index >= 15 is 0 Å². The molecular formula is C18H24N4O3. The summed E-state index contributed by atoms with van der Waals surface area (Å²) in [5.74, 6) is 1.59. The Labute approximate surface area is 147 Å². The molecule has 1 unspecified atom stereocenters. The quantitative estimate of drug-likeness (QED) is 0.831. The number of nitrogens with zero attached hydrogens (tertiary/aromatic N) is 3. The Morgan fingerprint density at radius 2 is 2.24 bits per heavy atom. The summed E-state index contributed by atoms with van der Waals surface area (Å²) in [6.45, 7) is 4.28. The number of hydrogen-bond acceptors (Lipinski definition) is 6. The average molecular weight is 344 g/mol. The van der Waals surface area contributed by atoms with Crippen LogP contribution in [-0.4, -0.2) is 42.8 Å². The Balaban J connectivity index is 1.70. The van der Waals surface area contributed by atoms with Gasteiger partial charge >= 0.3 is 6.01 Å². The molecule has 1 N–H and O–H groups in total. The first kappa shape index (κ1) is 17.3. The van der Waals surface area contributed by atoms with Crippen molar-refractivity contribution in [1.82, 2.24) is 15.5 Å². The number of nitrogens with one attached hydrogen (secondary N) is 1. The van der Waals surface area contributed by atoms with Gasteiger partial charge in [0.05, 0.1) is 12.2 Å². The minimum absolute atomic E-state index is 0.0695. The molecule has 1 fully saturated rings. The van der Waals surface area contributed by atoms with Crippen molar-refractivity contribution in [3.8, 4) is 17.2 Å². The molecule has 2 aromatic rings. The van der Waals surface area contributed by atoms with Gasteiger partial charge in [0.15, 0.2) is 0 Å². The van der Waals surface area contributed by atoms with Gasteiger partial charge in [-0.3, -0.25) is 4.79 Å². The summed E-state index contributed by atoms with van der Waals surface area (Å²) in [7, 11) is 1.66. The molecule has 0 saturated carbocycles. The second kappa shape index (κ2) is 8.00. The highest BCUT2D eigenvalue weighted by molar-refractivity contribution is 5.75.